The van der Waals surface area contributed by atoms with Gasteiger partial charge in [0.25, 0.3) is 11.8 Å². The van der Waals surface area contributed by atoms with Gasteiger partial charge in [-0.2, -0.15) is 4.98 Å². The second-order valence-electron chi connectivity index (χ2n) is 2.92. The number of aromatic nitrogens is 2. The van der Waals surface area contributed by atoms with Crippen molar-refractivity contribution in [3.05, 3.63) is 28.2 Å². The summed E-state index contributed by atoms with van der Waals surface area (Å²) < 4.78 is 5.94. The van der Waals surface area contributed by atoms with E-state index in [0.717, 1.165) is 15.6 Å². The first-order valence-electron chi connectivity index (χ1n) is 4.02. The molecule has 14 heavy (non-hydrogen) atoms. The van der Waals surface area contributed by atoms with Gasteiger partial charge in [-0.05, 0) is 29.8 Å². The molecule has 2 aromatic rings. The Hall–Kier alpha value is -1.36. The predicted octanol–water partition coefficient (Wildman–Crippen LogP) is 2.39. The average Bonchev–Trinajstić information content (AvgIpc) is 2.57. The van der Waals surface area contributed by atoms with Crippen molar-refractivity contribution in [2.45, 2.75) is 6.92 Å². The summed E-state index contributed by atoms with van der Waals surface area (Å²) in [5.74, 6) is 0.583. The Balaban J connectivity index is 2.47. The Bertz CT molecular complexity index is 467. The summed E-state index contributed by atoms with van der Waals surface area (Å²) in [6, 6.07) is 5.80. The van der Waals surface area contributed by atoms with Gasteiger partial charge in [0.05, 0.1) is 0 Å². The van der Waals surface area contributed by atoms with Crippen LogP contribution in [0.1, 0.15) is 5.56 Å². The first kappa shape index (κ1) is 9.21. The molecular formula is C9H8BrN3O. The fourth-order valence-corrected chi connectivity index (χ4v) is 1.46. The van der Waals surface area contributed by atoms with Crippen LogP contribution in [-0.2, 0) is 0 Å². The zero-order valence-corrected chi connectivity index (χ0v) is 9.08. The van der Waals surface area contributed by atoms with Crippen molar-refractivity contribution in [2.75, 3.05) is 5.73 Å². The fraction of sp³-hybridized carbons (Fsp3) is 0.111. The SMILES string of the molecule is Cc1ccc(-c2nc(N)no2)cc1Br. The van der Waals surface area contributed by atoms with Gasteiger partial charge in [0.1, 0.15) is 0 Å². The van der Waals surface area contributed by atoms with Crippen molar-refractivity contribution in [3.8, 4) is 11.5 Å². The van der Waals surface area contributed by atoms with Gasteiger partial charge in [0.2, 0.25) is 0 Å². The number of nitrogens with two attached hydrogens (primary N) is 1. The minimum absolute atomic E-state index is 0.150. The van der Waals surface area contributed by atoms with Crippen LogP contribution in [-0.4, -0.2) is 10.1 Å². The molecule has 0 bridgehead atoms. The molecule has 0 aliphatic carbocycles. The lowest BCUT2D eigenvalue weighted by atomic mass is 10.1. The van der Waals surface area contributed by atoms with Gasteiger partial charge in [0, 0.05) is 10.0 Å². The summed E-state index contributed by atoms with van der Waals surface area (Å²) in [5, 5.41) is 3.52. The summed E-state index contributed by atoms with van der Waals surface area (Å²) in [6.45, 7) is 2.01. The Morgan fingerprint density at radius 1 is 1.43 bits per heavy atom. The molecule has 0 radical (unpaired) electrons. The number of aryl methyl sites for hydroxylation is 1. The average molecular weight is 254 g/mol. The maximum atomic E-state index is 5.36. The molecule has 2 rings (SSSR count). The number of nitrogens with zero attached hydrogens (tertiary/aromatic N) is 2. The van der Waals surface area contributed by atoms with Crippen molar-refractivity contribution in [2.24, 2.45) is 0 Å². The molecule has 0 saturated heterocycles. The molecule has 0 aliphatic heterocycles. The summed E-state index contributed by atoms with van der Waals surface area (Å²) >= 11 is 3.43. The smallest absolute Gasteiger partial charge is 0.261 e. The third-order valence-corrected chi connectivity index (χ3v) is 2.71. The minimum atomic E-state index is 0.150. The van der Waals surface area contributed by atoms with E-state index in [1.165, 1.54) is 0 Å². The molecule has 2 N–H and O–H groups in total. The largest absolute Gasteiger partial charge is 0.365 e. The van der Waals surface area contributed by atoms with E-state index in [0.29, 0.717) is 5.89 Å². The van der Waals surface area contributed by atoms with Crippen LogP contribution in [0.3, 0.4) is 0 Å². The van der Waals surface area contributed by atoms with Crippen molar-refractivity contribution < 1.29 is 4.52 Å². The Labute approximate surface area is 89.2 Å². The van der Waals surface area contributed by atoms with Crippen LogP contribution in [0.2, 0.25) is 0 Å². The molecule has 0 fully saturated rings. The van der Waals surface area contributed by atoms with Crippen LogP contribution in [0.4, 0.5) is 5.95 Å². The van der Waals surface area contributed by atoms with E-state index in [-0.39, 0.29) is 5.95 Å². The highest BCUT2D eigenvalue weighted by molar-refractivity contribution is 9.10. The normalized spacial score (nSPS) is 10.4. The van der Waals surface area contributed by atoms with Crippen molar-refractivity contribution in [1.82, 2.24) is 10.1 Å². The highest BCUT2D eigenvalue weighted by Gasteiger charge is 2.07. The van der Waals surface area contributed by atoms with Crippen LogP contribution in [0.5, 0.6) is 0 Å². The number of benzene rings is 1. The van der Waals surface area contributed by atoms with E-state index in [1.807, 2.05) is 25.1 Å². The zero-order chi connectivity index (χ0) is 10.1. The topological polar surface area (TPSA) is 64.9 Å². The highest BCUT2D eigenvalue weighted by atomic mass is 79.9. The van der Waals surface area contributed by atoms with E-state index in [9.17, 15) is 0 Å². The maximum Gasteiger partial charge on any atom is 0.261 e. The van der Waals surface area contributed by atoms with Gasteiger partial charge in [-0.15, -0.1) is 0 Å². The second-order valence-corrected chi connectivity index (χ2v) is 3.78. The van der Waals surface area contributed by atoms with Gasteiger partial charge < -0.3 is 10.3 Å². The number of halogens is 1. The van der Waals surface area contributed by atoms with Gasteiger partial charge >= 0.3 is 0 Å². The summed E-state index contributed by atoms with van der Waals surface area (Å²) in [7, 11) is 0. The van der Waals surface area contributed by atoms with Crippen molar-refractivity contribution >= 4 is 21.9 Å². The molecule has 0 aliphatic rings. The Kier molecular flexibility index (Phi) is 2.25. The van der Waals surface area contributed by atoms with Crippen LogP contribution in [0, 0.1) is 6.92 Å². The number of hydrogen-bond acceptors (Lipinski definition) is 4. The number of hydrogen-bond donors (Lipinski definition) is 1. The van der Waals surface area contributed by atoms with Gasteiger partial charge in [-0.3, -0.25) is 0 Å². The third-order valence-electron chi connectivity index (χ3n) is 1.86. The molecule has 1 aromatic heterocycles. The Morgan fingerprint density at radius 3 is 2.79 bits per heavy atom. The first-order chi connectivity index (χ1) is 6.66. The lowest BCUT2D eigenvalue weighted by Crippen LogP contribution is -1.86. The zero-order valence-electron chi connectivity index (χ0n) is 7.49. The van der Waals surface area contributed by atoms with Crippen LogP contribution in [0.15, 0.2) is 27.2 Å². The van der Waals surface area contributed by atoms with Crippen LogP contribution in [0.25, 0.3) is 11.5 Å². The summed E-state index contributed by atoms with van der Waals surface area (Å²) in [5.41, 5.74) is 7.36. The van der Waals surface area contributed by atoms with Crippen molar-refractivity contribution in [1.29, 1.82) is 0 Å². The summed E-state index contributed by atoms with van der Waals surface area (Å²) in [6.07, 6.45) is 0. The quantitative estimate of drug-likeness (QED) is 0.848. The van der Waals surface area contributed by atoms with Crippen LogP contribution < -0.4 is 5.73 Å². The van der Waals surface area contributed by atoms with Crippen LogP contribution >= 0.6 is 15.9 Å². The molecule has 4 nitrogen and oxygen atoms in total. The van der Waals surface area contributed by atoms with E-state index < -0.39 is 0 Å². The molecule has 5 heteroatoms. The minimum Gasteiger partial charge on any atom is -0.365 e. The molecular weight excluding hydrogens is 246 g/mol. The lowest BCUT2D eigenvalue weighted by molar-refractivity contribution is 0.433. The lowest BCUT2D eigenvalue weighted by Gasteiger charge is -1.98. The second kappa shape index (κ2) is 3.42. The highest BCUT2D eigenvalue weighted by Crippen LogP contribution is 2.24. The van der Waals surface area contributed by atoms with Gasteiger partial charge in [0.15, 0.2) is 0 Å². The van der Waals surface area contributed by atoms with E-state index in [2.05, 4.69) is 26.1 Å². The monoisotopic (exact) mass is 253 g/mol. The molecule has 0 saturated carbocycles. The Morgan fingerprint density at radius 2 is 2.21 bits per heavy atom. The standard InChI is InChI=1S/C9H8BrN3O/c1-5-2-3-6(4-7(5)10)8-12-9(11)13-14-8/h2-4H,1H3,(H2,11,13). The van der Waals surface area contributed by atoms with E-state index >= 15 is 0 Å². The first-order valence-corrected chi connectivity index (χ1v) is 4.82. The van der Waals surface area contributed by atoms with E-state index in [1.54, 1.807) is 0 Å². The predicted molar refractivity (Wildman–Crippen MR) is 56.6 cm³/mol. The fourth-order valence-electron chi connectivity index (χ4n) is 1.08. The molecule has 72 valence electrons. The molecule has 1 aromatic carbocycles. The maximum absolute atomic E-state index is 5.36. The molecule has 1 heterocycles. The molecule has 0 unspecified atom stereocenters. The molecule has 0 spiro atoms. The van der Waals surface area contributed by atoms with Gasteiger partial charge in [-0.1, -0.05) is 22.0 Å². The summed E-state index contributed by atoms with van der Waals surface area (Å²) in [4.78, 5) is 3.93. The van der Waals surface area contributed by atoms with Crippen molar-refractivity contribution in [3.63, 3.8) is 0 Å². The van der Waals surface area contributed by atoms with E-state index in [4.69, 9.17) is 10.3 Å². The number of rotatable bonds is 1. The number of nitrogen functional groups attached to an aromatic ring is 1. The van der Waals surface area contributed by atoms with Gasteiger partial charge in [-0.25, -0.2) is 0 Å². The number of anilines is 1. The molecule has 0 atom stereocenters. The molecule has 0 amide bonds. The third kappa shape index (κ3) is 1.63.